The summed E-state index contributed by atoms with van der Waals surface area (Å²) in [6, 6.07) is 3.76. The summed E-state index contributed by atoms with van der Waals surface area (Å²) < 4.78 is 5.05. The Morgan fingerprint density at radius 2 is 1.85 bits per heavy atom. The standard InChI is InChI=1S/C14H19N5O/c1-10-8-12(16-13-9-11(2)20-18-13)17-14(15-10)19-6-4-3-5-7-19/h8-9H,3-7H2,1-2H3,(H,15,16,17,18). The quantitative estimate of drug-likeness (QED) is 0.927. The maximum atomic E-state index is 5.05. The molecule has 2 aromatic heterocycles. The number of hydrogen-bond acceptors (Lipinski definition) is 6. The van der Waals surface area contributed by atoms with Gasteiger partial charge in [-0.05, 0) is 33.1 Å². The molecule has 0 unspecified atom stereocenters. The Bertz CT molecular complexity index is 589. The molecule has 0 atom stereocenters. The zero-order valence-corrected chi connectivity index (χ0v) is 11.9. The number of rotatable bonds is 3. The highest BCUT2D eigenvalue weighted by molar-refractivity contribution is 5.54. The third-order valence-corrected chi connectivity index (χ3v) is 3.37. The second kappa shape index (κ2) is 5.48. The maximum absolute atomic E-state index is 5.05. The lowest BCUT2D eigenvalue weighted by Crippen LogP contribution is -2.31. The van der Waals surface area contributed by atoms with Gasteiger partial charge < -0.3 is 14.7 Å². The van der Waals surface area contributed by atoms with E-state index in [1.54, 1.807) is 0 Å². The third kappa shape index (κ3) is 2.89. The number of piperidine rings is 1. The van der Waals surface area contributed by atoms with Crippen LogP contribution in [0.3, 0.4) is 0 Å². The Morgan fingerprint density at radius 1 is 1.05 bits per heavy atom. The number of hydrogen-bond donors (Lipinski definition) is 1. The van der Waals surface area contributed by atoms with Crippen LogP contribution in [-0.2, 0) is 0 Å². The van der Waals surface area contributed by atoms with Crippen molar-refractivity contribution >= 4 is 17.6 Å². The zero-order valence-electron chi connectivity index (χ0n) is 11.9. The van der Waals surface area contributed by atoms with Gasteiger partial charge in [0.05, 0.1) is 0 Å². The summed E-state index contributed by atoms with van der Waals surface area (Å²) in [6.07, 6.45) is 3.72. The van der Waals surface area contributed by atoms with E-state index in [0.29, 0.717) is 5.82 Å². The molecular formula is C14H19N5O. The number of nitrogens with zero attached hydrogens (tertiary/aromatic N) is 4. The molecule has 1 fully saturated rings. The van der Waals surface area contributed by atoms with Gasteiger partial charge in [-0.2, -0.15) is 4.98 Å². The Hall–Kier alpha value is -2.11. The van der Waals surface area contributed by atoms with Crippen molar-refractivity contribution in [3.8, 4) is 0 Å². The minimum absolute atomic E-state index is 0.671. The topological polar surface area (TPSA) is 67.1 Å². The Morgan fingerprint density at radius 3 is 2.55 bits per heavy atom. The molecule has 0 amide bonds. The van der Waals surface area contributed by atoms with E-state index in [4.69, 9.17) is 4.52 Å². The van der Waals surface area contributed by atoms with Gasteiger partial charge in [0.15, 0.2) is 5.82 Å². The Labute approximate surface area is 118 Å². The molecule has 106 valence electrons. The van der Waals surface area contributed by atoms with Crippen LogP contribution in [-0.4, -0.2) is 28.2 Å². The smallest absolute Gasteiger partial charge is 0.227 e. The molecule has 0 aliphatic carbocycles. The molecule has 6 nitrogen and oxygen atoms in total. The summed E-state index contributed by atoms with van der Waals surface area (Å²) in [4.78, 5) is 11.4. The first-order chi connectivity index (χ1) is 9.70. The summed E-state index contributed by atoms with van der Waals surface area (Å²) >= 11 is 0. The van der Waals surface area contributed by atoms with Crippen LogP contribution in [0.2, 0.25) is 0 Å². The molecule has 0 saturated carbocycles. The lowest BCUT2D eigenvalue weighted by atomic mass is 10.1. The molecule has 1 saturated heterocycles. The van der Waals surface area contributed by atoms with Crippen LogP contribution in [0.25, 0.3) is 0 Å². The van der Waals surface area contributed by atoms with Crippen LogP contribution in [0, 0.1) is 13.8 Å². The van der Waals surface area contributed by atoms with Gasteiger partial charge in [-0.25, -0.2) is 4.98 Å². The van der Waals surface area contributed by atoms with Gasteiger partial charge in [-0.3, -0.25) is 0 Å². The van der Waals surface area contributed by atoms with E-state index in [2.05, 4.69) is 25.3 Å². The van der Waals surface area contributed by atoms with Gasteiger partial charge in [-0.15, -0.1) is 0 Å². The average molecular weight is 273 g/mol. The zero-order chi connectivity index (χ0) is 13.9. The first-order valence-corrected chi connectivity index (χ1v) is 7.02. The molecule has 20 heavy (non-hydrogen) atoms. The van der Waals surface area contributed by atoms with Crippen LogP contribution in [0.5, 0.6) is 0 Å². The molecule has 0 radical (unpaired) electrons. The van der Waals surface area contributed by atoms with Gasteiger partial charge in [-0.1, -0.05) is 5.16 Å². The second-order valence-corrected chi connectivity index (χ2v) is 5.19. The lowest BCUT2D eigenvalue weighted by Gasteiger charge is -2.27. The lowest BCUT2D eigenvalue weighted by molar-refractivity contribution is 0.400. The van der Waals surface area contributed by atoms with E-state index in [1.807, 2.05) is 26.0 Å². The largest absolute Gasteiger partial charge is 0.360 e. The summed E-state index contributed by atoms with van der Waals surface area (Å²) in [5, 5.41) is 7.09. The molecule has 3 rings (SSSR count). The Kier molecular flexibility index (Phi) is 3.54. The van der Waals surface area contributed by atoms with E-state index in [9.17, 15) is 0 Å². The molecule has 0 aromatic carbocycles. The molecule has 1 N–H and O–H groups in total. The first kappa shape index (κ1) is 12.9. The highest BCUT2D eigenvalue weighted by Gasteiger charge is 2.15. The number of anilines is 3. The van der Waals surface area contributed by atoms with Crippen molar-refractivity contribution < 1.29 is 4.52 Å². The fraction of sp³-hybridized carbons (Fsp3) is 0.500. The minimum atomic E-state index is 0.671. The van der Waals surface area contributed by atoms with Crippen molar-refractivity contribution in [3.63, 3.8) is 0 Å². The summed E-state index contributed by atoms with van der Waals surface area (Å²) in [5.41, 5.74) is 0.947. The van der Waals surface area contributed by atoms with Crippen molar-refractivity contribution in [1.29, 1.82) is 0 Å². The van der Waals surface area contributed by atoms with E-state index in [0.717, 1.165) is 36.3 Å². The maximum Gasteiger partial charge on any atom is 0.227 e. The van der Waals surface area contributed by atoms with Crippen molar-refractivity contribution in [3.05, 3.63) is 23.6 Å². The highest BCUT2D eigenvalue weighted by atomic mass is 16.5. The van der Waals surface area contributed by atoms with Gasteiger partial charge in [0.25, 0.3) is 0 Å². The predicted octanol–water partition coefficient (Wildman–Crippen LogP) is 2.82. The van der Waals surface area contributed by atoms with Gasteiger partial charge in [0.1, 0.15) is 11.6 Å². The number of aryl methyl sites for hydroxylation is 2. The van der Waals surface area contributed by atoms with E-state index >= 15 is 0 Å². The van der Waals surface area contributed by atoms with Crippen LogP contribution in [0.15, 0.2) is 16.7 Å². The number of aromatic nitrogens is 3. The molecule has 1 aliphatic rings. The fourth-order valence-electron chi connectivity index (χ4n) is 2.41. The first-order valence-electron chi connectivity index (χ1n) is 7.02. The molecule has 2 aromatic rings. The second-order valence-electron chi connectivity index (χ2n) is 5.19. The summed E-state index contributed by atoms with van der Waals surface area (Å²) in [7, 11) is 0. The molecule has 6 heteroatoms. The van der Waals surface area contributed by atoms with Crippen molar-refractivity contribution in [1.82, 2.24) is 15.1 Å². The van der Waals surface area contributed by atoms with Gasteiger partial charge >= 0.3 is 0 Å². The Balaban J connectivity index is 1.82. The van der Waals surface area contributed by atoms with Crippen molar-refractivity contribution in [2.24, 2.45) is 0 Å². The summed E-state index contributed by atoms with van der Waals surface area (Å²) in [5.74, 6) is 3.00. The third-order valence-electron chi connectivity index (χ3n) is 3.37. The van der Waals surface area contributed by atoms with Crippen LogP contribution < -0.4 is 10.2 Å². The van der Waals surface area contributed by atoms with Crippen LogP contribution in [0.4, 0.5) is 17.6 Å². The normalized spacial score (nSPS) is 15.4. The van der Waals surface area contributed by atoms with E-state index in [1.165, 1.54) is 19.3 Å². The SMILES string of the molecule is Cc1cc(Nc2cc(C)on2)nc(N2CCCCC2)n1. The van der Waals surface area contributed by atoms with Crippen LogP contribution >= 0.6 is 0 Å². The van der Waals surface area contributed by atoms with Crippen molar-refractivity contribution in [2.45, 2.75) is 33.1 Å². The molecule has 1 aliphatic heterocycles. The minimum Gasteiger partial charge on any atom is -0.360 e. The van der Waals surface area contributed by atoms with Crippen LogP contribution in [0.1, 0.15) is 30.7 Å². The average Bonchev–Trinajstić information content (AvgIpc) is 2.84. The number of nitrogens with one attached hydrogen (secondary N) is 1. The summed E-state index contributed by atoms with van der Waals surface area (Å²) in [6.45, 7) is 5.91. The van der Waals surface area contributed by atoms with Gasteiger partial charge in [0, 0.05) is 30.9 Å². The van der Waals surface area contributed by atoms with Crippen molar-refractivity contribution in [2.75, 3.05) is 23.3 Å². The highest BCUT2D eigenvalue weighted by Crippen LogP contribution is 2.20. The van der Waals surface area contributed by atoms with E-state index in [-0.39, 0.29) is 0 Å². The van der Waals surface area contributed by atoms with E-state index < -0.39 is 0 Å². The molecular weight excluding hydrogens is 254 g/mol. The molecule has 0 bridgehead atoms. The fourth-order valence-corrected chi connectivity index (χ4v) is 2.41. The van der Waals surface area contributed by atoms with Gasteiger partial charge in [0.2, 0.25) is 5.95 Å². The predicted molar refractivity (Wildman–Crippen MR) is 77.4 cm³/mol. The molecule has 0 spiro atoms. The molecule has 3 heterocycles. The monoisotopic (exact) mass is 273 g/mol.